The van der Waals surface area contributed by atoms with Crippen molar-refractivity contribution in [2.24, 2.45) is 4.99 Å². The first kappa shape index (κ1) is 18.6. The van der Waals surface area contributed by atoms with E-state index in [1.54, 1.807) is 12.1 Å². The Labute approximate surface area is 154 Å². The van der Waals surface area contributed by atoms with Gasteiger partial charge in [0.05, 0.1) is 23.6 Å². The van der Waals surface area contributed by atoms with Gasteiger partial charge in [0.25, 0.3) is 5.69 Å². The highest BCUT2D eigenvalue weighted by Crippen LogP contribution is 2.19. The average Bonchev–Trinajstić information content (AvgIpc) is 3.33. The van der Waals surface area contributed by atoms with Gasteiger partial charge in [-0.05, 0) is 38.2 Å². The number of nitrogens with zero attached hydrogens (tertiary/aromatic N) is 2. The smallest absolute Gasteiger partial charge is 0.269 e. The molecule has 2 unspecified atom stereocenters. The molecule has 142 valence electrons. The Morgan fingerprint density at radius 3 is 2.62 bits per heavy atom. The standard InChI is InChI=1S/C19H28N4O3/c1-14(18-7-4-12-26-18)21-19(22-16-5-2-3-6-16)20-13-15-8-10-17(11-9-15)23(24)25/h8-11,14,16,18H,2-7,12-13H2,1H3,(H2,20,21,22). The second kappa shape index (κ2) is 8.98. The summed E-state index contributed by atoms with van der Waals surface area (Å²) in [7, 11) is 0. The second-order valence-corrected chi connectivity index (χ2v) is 7.20. The van der Waals surface area contributed by atoms with Crippen LogP contribution in [0.2, 0.25) is 0 Å². The monoisotopic (exact) mass is 360 g/mol. The molecule has 2 aliphatic rings. The zero-order valence-corrected chi connectivity index (χ0v) is 15.3. The summed E-state index contributed by atoms with van der Waals surface area (Å²) in [6, 6.07) is 7.24. The van der Waals surface area contributed by atoms with E-state index in [1.165, 1.54) is 37.8 Å². The highest BCUT2D eigenvalue weighted by atomic mass is 16.6. The largest absolute Gasteiger partial charge is 0.376 e. The van der Waals surface area contributed by atoms with Gasteiger partial charge in [0.1, 0.15) is 0 Å². The lowest BCUT2D eigenvalue weighted by atomic mass is 10.1. The summed E-state index contributed by atoms with van der Waals surface area (Å²) in [5.41, 5.74) is 1.06. The lowest BCUT2D eigenvalue weighted by molar-refractivity contribution is -0.384. The van der Waals surface area contributed by atoms with E-state index in [0.29, 0.717) is 12.6 Å². The molecule has 0 radical (unpaired) electrons. The van der Waals surface area contributed by atoms with Gasteiger partial charge >= 0.3 is 0 Å². The fourth-order valence-electron chi connectivity index (χ4n) is 3.60. The van der Waals surface area contributed by atoms with Gasteiger partial charge in [0.2, 0.25) is 0 Å². The van der Waals surface area contributed by atoms with Crippen molar-refractivity contribution in [3.05, 3.63) is 39.9 Å². The third kappa shape index (κ3) is 5.17. The first-order valence-corrected chi connectivity index (χ1v) is 9.54. The molecule has 1 aliphatic carbocycles. The Morgan fingerprint density at radius 1 is 1.27 bits per heavy atom. The van der Waals surface area contributed by atoms with Crippen molar-refractivity contribution < 1.29 is 9.66 Å². The van der Waals surface area contributed by atoms with Gasteiger partial charge in [-0.2, -0.15) is 0 Å². The SMILES string of the molecule is CC(NC(=NCc1ccc([N+](=O)[O-])cc1)NC1CCCC1)C1CCCO1. The highest BCUT2D eigenvalue weighted by molar-refractivity contribution is 5.80. The number of rotatable bonds is 6. The molecule has 1 aromatic carbocycles. The normalized spacial score (nSPS) is 22.3. The molecule has 1 aliphatic heterocycles. The summed E-state index contributed by atoms with van der Waals surface area (Å²) in [4.78, 5) is 15.1. The van der Waals surface area contributed by atoms with Crippen LogP contribution in [0.5, 0.6) is 0 Å². The number of benzene rings is 1. The van der Waals surface area contributed by atoms with Gasteiger partial charge in [-0.25, -0.2) is 4.99 Å². The average molecular weight is 360 g/mol. The van der Waals surface area contributed by atoms with E-state index < -0.39 is 0 Å². The topological polar surface area (TPSA) is 88.8 Å². The quantitative estimate of drug-likeness (QED) is 0.352. The lowest BCUT2D eigenvalue weighted by Gasteiger charge is -2.24. The number of aliphatic imine (C=N–C) groups is 1. The molecule has 2 fully saturated rings. The van der Waals surface area contributed by atoms with E-state index in [2.05, 4.69) is 17.6 Å². The molecular weight excluding hydrogens is 332 g/mol. The molecule has 1 heterocycles. The zero-order chi connectivity index (χ0) is 18.4. The Kier molecular flexibility index (Phi) is 6.44. The van der Waals surface area contributed by atoms with Crippen LogP contribution < -0.4 is 10.6 Å². The summed E-state index contributed by atoms with van der Waals surface area (Å²) in [5, 5.41) is 17.8. The number of guanidine groups is 1. The van der Waals surface area contributed by atoms with Crippen LogP contribution in [0.3, 0.4) is 0 Å². The summed E-state index contributed by atoms with van der Waals surface area (Å²) in [5.74, 6) is 0.804. The van der Waals surface area contributed by atoms with Gasteiger partial charge in [0.15, 0.2) is 5.96 Å². The number of nitrogens with one attached hydrogen (secondary N) is 2. The number of hydrogen-bond acceptors (Lipinski definition) is 4. The van der Waals surface area contributed by atoms with Crippen molar-refractivity contribution in [1.82, 2.24) is 10.6 Å². The Morgan fingerprint density at radius 2 is 2.00 bits per heavy atom. The number of nitro benzene ring substituents is 1. The van der Waals surface area contributed by atoms with Crippen LogP contribution in [0.25, 0.3) is 0 Å². The molecule has 0 aromatic heterocycles. The molecule has 7 nitrogen and oxygen atoms in total. The number of non-ortho nitro benzene ring substituents is 1. The van der Waals surface area contributed by atoms with Gasteiger partial charge in [-0.3, -0.25) is 10.1 Å². The fourth-order valence-corrected chi connectivity index (χ4v) is 3.60. The summed E-state index contributed by atoms with van der Waals surface area (Å²) in [6.07, 6.45) is 7.28. The van der Waals surface area contributed by atoms with Crippen LogP contribution >= 0.6 is 0 Å². The Hall–Kier alpha value is -2.15. The third-order valence-corrected chi connectivity index (χ3v) is 5.15. The molecule has 26 heavy (non-hydrogen) atoms. The second-order valence-electron chi connectivity index (χ2n) is 7.20. The van der Waals surface area contributed by atoms with Crippen molar-refractivity contribution in [3.8, 4) is 0 Å². The minimum atomic E-state index is -0.384. The molecule has 2 N–H and O–H groups in total. The molecule has 1 saturated heterocycles. The molecule has 1 saturated carbocycles. The maximum absolute atomic E-state index is 10.8. The van der Waals surface area contributed by atoms with Crippen molar-refractivity contribution >= 4 is 11.6 Å². The maximum Gasteiger partial charge on any atom is 0.269 e. The number of ether oxygens (including phenoxy) is 1. The maximum atomic E-state index is 10.8. The number of nitro groups is 1. The van der Waals surface area contributed by atoms with E-state index in [4.69, 9.17) is 9.73 Å². The van der Waals surface area contributed by atoms with Crippen molar-refractivity contribution in [2.75, 3.05) is 6.61 Å². The van der Waals surface area contributed by atoms with E-state index in [0.717, 1.165) is 31.0 Å². The molecule has 2 atom stereocenters. The lowest BCUT2D eigenvalue weighted by Crippen LogP contribution is -2.49. The Balaban J connectivity index is 1.64. The number of hydrogen-bond donors (Lipinski definition) is 2. The summed E-state index contributed by atoms with van der Waals surface area (Å²) in [6.45, 7) is 3.45. The summed E-state index contributed by atoms with van der Waals surface area (Å²) >= 11 is 0. The van der Waals surface area contributed by atoms with E-state index in [-0.39, 0.29) is 22.8 Å². The van der Waals surface area contributed by atoms with E-state index in [9.17, 15) is 10.1 Å². The van der Waals surface area contributed by atoms with E-state index in [1.807, 2.05) is 0 Å². The third-order valence-electron chi connectivity index (χ3n) is 5.15. The predicted octanol–water partition coefficient (Wildman–Crippen LogP) is 3.14. The van der Waals surface area contributed by atoms with Crippen LogP contribution in [-0.4, -0.2) is 35.7 Å². The van der Waals surface area contributed by atoms with Crippen LogP contribution in [0.4, 0.5) is 5.69 Å². The first-order valence-electron chi connectivity index (χ1n) is 9.54. The molecule has 0 bridgehead atoms. The fraction of sp³-hybridized carbons (Fsp3) is 0.632. The van der Waals surface area contributed by atoms with Gasteiger partial charge in [-0.15, -0.1) is 0 Å². The van der Waals surface area contributed by atoms with Crippen molar-refractivity contribution in [3.63, 3.8) is 0 Å². The van der Waals surface area contributed by atoms with E-state index >= 15 is 0 Å². The molecule has 0 amide bonds. The van der Waals surface area contributed by atoms with Crippen LogP contribution in [-0.2, 0) is 11.3 Å². The van der Waals surface area contributed by atoms with Crippen LogP contribution in [0.1, 0.15) is 51.0 Å². The van der Waals surface area contributed by atoms with Crippen LogP contribution in [0.15, 0.2) is 29.3 Å². The minimum Gasteiger partial charge on any atom is -0.376 e. The highest BCUT2D eigenvalue weighted by Gasteiger charge is 2.24. The molecule has 3 rings (SSSR count). The molecule has 7 heteroatoms. The first-order chi connectivity index (χ1) is 12.6. The predicted molar refractivity (Wildman–Crippen MR) is 101 cm³/mol. The molecular formula is C19H28N4O3. The molecule has 1 aromatic rings. The Bertz CT molecular complexity index is 620. The van der Waals surface area contributed by atoms with Crippen LogP contribution in [0, 0.1) is 10.1 Å². The van der Waals surface area contributed by atoms with Gasteiger partial charge < -0.3 is 15.4 Å². The van der Waals surface area contributed by atoms with Gasteiger partial charge in [0, 0.05) is 24.8 Å². The van der Waals surface area contributed by atoms with Crippen molar-refractivity contribution in [1.29, 1.82) is 0 Å². The minimum absolute atomic E-state index is 0.104. The summed E-state index contributed by atoms with van der Waals surface area (Å²) < 4.78 is 5.77. The molecule has 0 spiro atoms. The van der Waals surface area contributed by atoms with Crippen molar-refractivity contribution in [2.45, 2.75) is 70.2 Å². The zero-order valence-electron chi connectivity index (χ0n) is 15.3. The van der Waals surface area contributed by atoms with Gasteiger partial charge in [-0.1, -0.05) is 25.0 Å².